The van der Waals surface area contributed by atoms with E-state index in [0.29, 0.717) is 34.6 Å². The number of fused-ring (bicyclic) bond motifs is 2. The fourth-order valence-electron chi connectivity index (χ4n) is 7.56. The number of carbonyl (C=O) groups is 2. The molecule has 17 nitrogen and oxygen atoms in total. The van der Waals surface area contributed by atoms with Gasteiger partial charge in [-0.25, -0.2) is 19.6 Å². The molecule has 0 aliphatic carbocycles. The molecule has 0 unspecified atom stereocenters. The predicted molar refractivity (Wildman–Crippen MR) is 309 cm³/mol. The number of benzene rings is 5. The zero-order chi connectivity index (χ0) is 55.5. The molecule has 4 aromatic heterocycles. The highest BCUT2D eigenvalue weighted by Crippen LogP contribution is 2.27. The number of aryl methyl sites for hydroxylation is 2. The number of anilines is 4. The van der Waals surface area contributed by atoms with Gasteiger partial charge in [0, 0.05) is 58.9 Å². The third-order valence-electron chi connectivity index (χ3n) is 12.1. The molecule has 3 amide bonds. The second-order valence-electron chi connectivity index (χ2n) is 20.4. The Kier molecular flexibility index (Phi) is 20.7. The van der Waals surface area contributed by atoms with Crippen LogP contribution < -0.4 is 26.4 Å². The first-order valence-electron chi connectivity index (χ1n) is 26.0. The molecule has 9 aromatic rings. The number of nitrogens with one attached hydrogen (secondary N) is 3. The van der Waals surface area contributed by atoms with Gasteiger partial charge in [-0.2, -0.15) is 0 Å². The molecule has 5 heterocycles. The van der Waals surface area contributed by atoms with Crippen LogP contribution in [0.25, 0.3) is 33.4 Å². The van der Waals surface area contributed by atoms with Crippen LogP contribution in [0.2, 0.25) is 0 Å². The Morgan fingerprint density at radius 1 is 0.610 bits per heavy atom. The van der Waals surface area contributed by atoms with Crippen molar-refractivity contribution in [1.82, 2.24) is 34.3 Å². The lowest BCUT2D eigenvalue weighted by molar-refractivity contribution is 0.198. The lowest BCUT2D eigenvalue weighted by atomic mass is 9.93. The first-order chi connectivity index (χ1) is 36.8. The number of urea groups is 1. The van der Waals surface area contributed by atoms with E-state index < -0.39 is 6.09 Å². The standard InChI is InChI=1S/C22H23N5O2.C14H13N3.C14H16N2O3.C6H15N.C4H8O/c1-14-5-10-18-17(11-14)23-13-27(18)16-8-6-15(7-9-16)24-21(28)25-20-12-19(29-26-20)22(2,3)4;1-10-2-7-14-13(8-10)16-9-17(14)12-5-3-11(15)4-6-12;1-14(2,3)11-9-12(16-19-11)15-13(17)18-10-7-5-4-6-8-10;1-4-7(5-2)6-3;1-2-4-5-3-1/h5-13H,1-4H3,(H2,24,25,26,28);2-9H,15H2,1H3;4-9H,1-3H3,(H,15,16,17);4-6H2,1-3H3;1-4H2. The van der Waals surface area contributed by atoms with Gasteiger partial charge in [-0.1, -0.05) is 103 Å². The molecule has 406 valence electrons. The van der Waals surface area contributed by atoms with Crippen molar-refractivity contribution in [3.05, 3.63) is 163 Å². The molecule has 0 spiro atoms. The summed E-state index contributed by atoms with van der Waals surface area (Å²) in [4.78, 5) is 35.1. The SMILES string of the molecule is C1CCOC1.CC(C)(C)c1cc(NC(=O)Oc2ccccc2)no1.CCN(CC)CC.Cc1ccc2c(c1)ncn2-c1ccc(N)cc1.Cc1ccc2c(c1)ncn2-c1ccc(NC(=O)Nc2cc(C(C)(C)C)on2)cc1. The van der Waals surface area contributed by atoms with Crippen LogP contribution in [0.4, 0.5) is 32.6 Å². The molecule has 77 heavy (non-hydrogen) atoms. The minimum absolute atomic E-state index is 0.156. The number of aromatic nitrogens is 6. The van der Waals surface area contributed by atoms with Crippen LogP contribution in [0, 0.1) is 13.8 Å². The molecule has 10 rings (SSSR count). The van der Waals surface area contributed by atoms with E-state index in [1.165, 1.54) is 43.6 Å². The summed E-state index contributed by atoms with van der Waals surface area (Å²) in [6, 6.07) is 39.7. The minimum atomic E-state index is -0.597. The van der Waals surface area contributed by atoms with Crippen LogP contribution in [-0.2, 0) is 15.6 Å². The van der Waals surface area contributed by atoms with E-state index in [1.807, 2.05) is 114 Å². The number of hydrogen-bond donors (Lipinski definition) is 4. The van der Waals surface area contributed by atoms with Crippen molar-refractivity contribution in [2.24, 2.45) is 0 Å². The summed E-state index contributed by atoms with van der Waals surface area (Å²) in [6.07, 6.45) is 5.60. The normalized spacial score (nSPS) is 12.0. The summed E-state index contributed by atoms with van der Waals surface area (Å²) in [5.74, 6) is 2.59. The number of ether oxygens (including phenoxy) is 2. The van der Waals surface area contributed by atoms with Crippen molar-refractivity contribution in [3.63, 3.8) is 0 Å². The summed E-state index contributed by atoms with van der Waals surface area (Å²) in [6.45, 7) is 28.3. The van der Waals surface area contributed by atoms with Gasteiger partial charge < -0.3 is 34.5 Å². The van der Waals surface area contributed by atoms with Gasteiger partial charge in [0.15, 0.2) is 11.6 Å². The molecule has 0 atom stereocenters. The Morgan fingerprint density at radius 3 is 1.49 bits per heavy atom. The first kappa shape index (κ1) is 58.0. The Labute approximate surface area is 452 Å². The fourth-order valence-corrected chi connectivity index (χ4v) is 7.56. The maximum absolute atomic E-state index is 12.2. The van der Waals surface area contributed by atoms with E-state index >= 15 is 0 Å². The van der Waals surface area contributed by atoms with Gasteiger partial charge in [-0.15, -0.1) is 0 Å². The van der Waals surface area contributed by atoms with Gasteiger partial charge in [-0.05, 0) is 142 Å². The molecule has 0 radical (unpaired) electrons. The second kappa shape index (κ2) is 27.5. The maximum atomic E-state index is 12.2. The van der Waals surface area contributed by atoms with E-state index in [9.17, 15) is 9.59 Å². The topological polar surface area (TPSA) is 206 Å². The quantitative estimate of drug-likeness (QED) is 0.0997. The Morgan fingerprint density at radius 2 is 1.08 bits per heavy atom. The summed E-state index contributed by atoms with van der Waals surface area (Å²) in [5.41, 5.74) is 15.4. The van der Waals surface area contributed by atoms with Crippen molar-refractivity contribution >= 4 is 57.2 Å². The van der Waals surface area contributed by atoms with E-state index in [1.54, 1.807) is 42.7 Å². The van der Waals surface area contributed by atoms with Crippen LogP contribution in [0.5, 0.6) is 5.75 Å². The van der Waals surface area contributed by atoms with Crippen molar-refractivity contribution in [3.8, 4) is 17.1 Å². The van der Waals surface area contributed by atoms with Gasteiger partial charge >= 0.3 is 12.1 Å². The smallest absolute Gasteiger partial charge is 0.410 e. The molecule has 0 bridgehead atoms. The minimum Gasteiger partial charge on any atom is -0.410 e. The van der Waals surface area contributed by atoms with Crippen molar-refractivity contribution in [1.29, 1.82) is 0 Å². The number of imidazole rings is 2. The number of rotatable bonds is 9. The van der Waals surface area contributed by atoms with Crippen LogP contribution in [0.1, 0.15) is 97.8 Å². The van der Waals surface area contributed by atoms with E-state index in [-0.39, 0.29) is 16.9 Å². The zero-order valence-electron chi connectivity index (χ0n) is 46.4. The van der Waals surface area contributed by atoms with Crippen molar-refractivity contribution in [2.45, 2.75) is 99.8 Å². The summed E-state index contributed by atoms with van der Waals surface area (Å²) in [7, 11) is 0. The van der Waals surface area contributed by atoms with Crippen LogP contribution in [-0.4, -0.2) is 79.3 Å². The van der Waals surface area contributed by atoms with E-state index in [4.69, 9.17) is 24.3 Å². The molecule has 1 aliphatic heterocycles. The number of nitrogen functional groups attached to an aromatic ring is 1. The fraction of sp³-hybridized carbons (Fsp3) is 0.333. The second-order valence-corrected chi connectivity index (χ2v) is 20.4. The van der Waals surface area contributed by atoms with Crippen LogP contribution in [0.3, 0.4) is 0 Å². The summed E-state index contributed by atoms with van der Waals surface area (Å²) in [5, 5.41) is 15.7. The Bertz CT molecular complexity index is 3220. The van der Waals surface area contributed by atoms with Crippen molar-refractivity contribution in [2.75, 3.05) is 54.5 Å². The molecule has 1 fully saturated rings. The molecule has 5 aromatic carbocycles. The molecule has 0 saturated carbocycles. The summed E-state index contributed by atoms with van der Waals surface area (Å²) < 4.78 is 24.5. The number of amides is 3. The molecule has 1 saturated heterocycles. The van der Waals surface area contributed by atoms with Gasteiger partial charge in [0.2, 0.25) is 0 Å². The largest absolute Gasteiger partial charge is 0.418 e. The number of nitrogens with zero attached hydrogens (tertiary/aromatic N) is 7. The third-order valence-corrected chi connectivity index (χ3v) is 12.1. The number of carbonyl (C=O) groups excluding carboxylic acids is 2. The van der Waals surface area contributed by atoms with E-state index in [2.05, 4.69) is 110 Å². The van der Waals surface area contributed by atoms with Gasteiger partial charge in [-0.3, -0.25) is 19.8 Å². The lowest BCUT2D eigenvalue weighted by Crippen LogP contribution is -2.21. The number of para-hydroxylation sites is 1. The average Bonchev–Trinajstić information content (AvgIpc) is 4.28. The van der Waals surface area contributed by atoms with E-state index in [0.717, 1.165) is 52.3 Å². The van der Waals surface area contributed by atoms with Crippen molar-refractivity contribution < 1.29 is 28.1 Å². The molecular formula is C60H75N11O6. The molecule has 5 N–H and O–H groups in total. The highest BCUT2D eigenvalue weighted by atomic mass is 16.6. The van der Waals surface area contributed by atoms with Gasteiger partial charge in [0.1, 0.15) is 29.9 Å². The third kappa shape index (κ3) is 17.7. The molecular weight excluding hydrogens is 971 g/mol. The average molecular weight is 1050 g/mol. The first-order valence-corrected chi connectivity index (χ1v) is 26.0. The lowest BCUT2D eigenvalue weighted by Gasteiger charge is -2.13. The maximum Gasteiger partial charge on any atom is 0.418 e. The van der Waals surface area contributed by atoms with Gasteiger partial charge in [0.05, 0.1) is 22.1 Å². The van der Waals surface area contributed by atoms with Crippen LogP contribution in [0.15, 0.2) is 149 Å². The van der Waals surface area contributed by atoms with Crippen LogP contribution >= 0.6 is 0 Å². The predicted octanol–water partition coefficient (Wildman–Crippen LogP) is 13.9. The van der Waals surface area contributed by atoms with Gasteiger partial charge in [0.25, 0.3) is 0 Å². The number of hydrogen-bond acceptors (Lipinski definition) is 12. The highest BCUT2D eigenvalue weighted by molar-refractivity contribution is 5.99. The highest BCUT2D eigenvalue weighted by Gasteiger charge is 2.22. The molecule has 1 aliphatic rings. The Hall–Kier alpha value is -8.28. The Balaban J connectivity index is 0.000000174. The molecule has 17 heteroatoms. The zero-order valence-corrected chi connectivity index (χ0v) is 46.4. The monoisotopic (exact) mass is 1050 g/mol. The summed E-state index contributed by atoms with van der Waals surface area (Å²) >= 11 is 0. The number of nitrogens with two attached hydrogens (primary N) is 1.